The van der Waals surface area contributed by atoms with Gasteiger partial charge in [-0.15, -0.1) is 0 Å². The number of benzene rings is 2. The van der Waals surface area contributed by atoms with E-state index in [0.717, 1.165) is 35.4 Å². The van der Waals surface area contributed by atoms with Crippen LogP contribution in [-0.2, 0) is 15.8 Å². The molecule has 0 aromatic heterocycles. The van der Waals surface area contributed by atoms with Crippen molar-refractivity contribution >= 4 is 23.1 Å². The average molecular weight is 444 g/mol. The topological polar surface area (TPSA) is 60.9 Å². The molecule has 2 aromatic carbocycles. The normalized spacial score (nSPS) is 19.8. The van der Waals surface area contributed by atoms with E-state index in [1.807, 2.05) is 19.1 Å². The van der Waals surface area contributed by atoms with E-state index in [9.17, 15) is 27.9 Å². The lowest BCUT2D eigenvalue weighted by atomic mass is 9.96. The van der Waals surface area contributed by atoms with E-state index >= 15 is 0 Å². The number of aliphatic hydroxyl groups excluding tert-OH is 1. The smallest absolute Gasteiger partial charge is 0.396 e. The molecule has 1 N–H and O–H groups in total. The van der Waals surface area contributed by atoms with Gasteiger partial charge in [-0.2, -0.15) is 13.2 Å². The molecule has 5 nitrogen and oxygen atoms in total. The number of hydrogen-bond donors (Lipinski definition) is 1. The Morgan fingerprint density at radius 3 is 2.44 bits per heavy atom. The third kappa shape index (κ3) is 4.02. The first-order chi connectivity index (χ1) is 15.2. The van der Waals surface area contributed by atoms with Crippen molar-refractivity contribution in [2.75, 3.05) is 24.6 Å². The summed E-state index contributed by atoms with van der Waals surface area (Å²) < 4.78 is 39.7. The van der Waals surface area contributed by atoms with Crippen LogP contribution >= 0.6 is 0 Å². The molecule has 32 heavy (non-hydrogen) atoms. The number of alkyl halides is 3. The van der Waals surface area contributed by atoms with Gasteiger partial charge in [-0.3, -0.25) is 9.59 Å². The van der Waals surface area contributed by atoms with Crippen molar-refractivity contribution in [2.24, 2.45) is 5.92 Å². The van der Waals surface area contributed by atoms with Gasteiger partial charge in [0.05, 0.1) is 16.8 Å². The molecule has 1 saturated heterocycles. The lowest BCUT2D eigenvalue weighted by Gasteiger charge is -2.34. The van der Waals surface area contributed by atoms with Crippen molar-refractivity contribution in [3.05, 3.63) is 70.9 Å². The third-order valence-electron chi connectivity index (χ3n) is 5.92. The quantitative estimate of drug-likeness (QED) is 0.725. The molecule has 1 atom stereocenters. The van der Waals surface area contributed by atoms with Gasteiger partial charge in [0.15, 0.2) is 0 Å². The second-order valence-electron chi connectivity index (χ2n) is 8.22. The van der Waals surface area contributed by atoms with Crippen LogP contribution in [0.2, 0.25) is 0 Å². The Kier molecular flexibility index (Phi) is 5.81. The molecule has 2 aromatic rings. The van der Waals surface area contributed by atoms with Crippen LogP contribution in [0.25, 0.3) is 5.57 Å². The molecular weight excluding hydrogens is 421 g/mol. The largest absolute Gasteiger partial charge is 0.416 e. The molecule has 1 unspecified atom stereocenters. The molecule has 0 spiro atoms. The van der Waals surface area contributed by atoms with Crippen molar-refractivity contribution in [2.45, 2.75) is 25.9 Å². The predicted octanol–water partition coefficient (Wildman–Crippen LogP) is 4.00. The zero-order valence-corrected chi connectivity index (χ0v) is 17.5. The van der Waals surface area contributed by atoms with E-state index in [0.29, 0.717) is 18.7 Å². The number of anilines is 1. The van der Waals surface area contributed by atoms with Crippen LogP contribution in [0.1, 0.15) is 29.5 Å². The van der Waals surface area contributed by atoms with Gasteiger partial charge >= 0.3 is 6.18 Å². The number of carbonyl (C=O) groups is 2. The highest BCUT2D eigenvalue weighted by Gasteiger charge is 2.44. The summed E-state index contributed by atoms with van der Waals surface area (Å²) >= 11 is 0. The maximum absolute atomic E-state index is 13.5. The zero-order chi connectivity index (χ0) is 23.0. The number of likely N-dealkylation sites (tertiary alicyclic amines) is 1. The summed E-state index contributed by atoms with van der Waals surface area (Å²) in [5.74, 6) is -1.34. The van der Waals surface area contributed by atoms with Crippen LogP contribution in [0, 0.1) is 12.8 Å². The Morgan fingerprint density at radius 1 is 1.06 bits per heavy atom. The second kappa shape index (κ2) is 8.43. The van der Waals surface area contributed by atoms with E-state index < -0.39 is 23.6 Å². The van der Waals surface area contributed by atoms with Gasteiger partial charge in [0.25, 0.3) is 11.8 Å². The number of nitrogens with zero attached hydrogens (tertiary/aromatic N) is 2. The summed E-state index contributed by atoms with van der Waals surface area (Å²) in [4.78, 5) is 29.5. The van der Waals surface area contributed by atoms with Gasteiger partial charge in [0.1, 0.15) is 5.70 Å². The lowest BCUT2D eigenvalue weighted by molar-refractivity contribution is -0.137. The second-order valence-corrected chi connectivity index (χ2v) is 8.22. The Morgan fingerprint density at radius 2 is 1.78 bits per heavy atom. The molecule has 168 valence electrons. The van der Waals surface area contributed by atoms with Crippen molar-refractivity contribution in [3.8, 4) is 0 Å². The summed E-state index contributed by atoms with van der Waals surface area (Å²) in [7, 11) is 0. The fourth-order valence-corrected chi connectivity index (χ4v) is 4.26. The van der Waals surface area contributed by atoms with Crippen LogP contribution in [0.5, 0.6) is 0 Å². The van der Waals surface area contributed by atoms with Crippen molar-refractivity contribution in [1.82, 2.24) is 4.90 Å². The summed E-state index contributed by atoms with van der Waals surface area (Å²) in [5.41, 5.74) is 0.801. The van der Waals surface area contributed by atoms with Crippen LogP contribution in [0.4, 0.5) is 18.9 Å². The molecule has 0 radical (unpaired) electrons. The first kappa shape index (κ1) is 22.1. The maximum atomic E-state index is 13.5. The highest BCUT2D eigenvalue weighted by molar-refractivity contribution is 6.45. The molecule has 2 heterocycles. The lowest BCUT2D eigenvalue weighted by Crippen LogP contribution is -2.40. The summed E-state index contributed by atoms with van der Waals surface area (Å²) in [6.45, 7) is 2.78. The van der Waals surface area contributed by atoms with Crippen LogP contribution < -0.4 is 4.90 Å². The standard InChI is InChI=1S/C24H23F3N2O3/c1-15-7-9-17(10-8-15)20-21(28-11-3-4-16(13-28)14-30)23(32)29(22(20)31)19-6-2-5-18(12-19)24(25,26)27/h2,5-10,12,16,30H,3-4,11,13-14H2,1H3. The van der Waals surface area contributed by atoms with Crippen LogP contribution in [0.15, 0.2) is 54.2 Å². The molecule has 0 bridgehead atoms. The summed E-state index contributed by atoms with van der Waals surface area (Å²) in [5, 5.41) is 9.61. The van der Waals surface area contributed by atoms with Gasteiger partial charge in [-0.1, -0.05) is 35.9 Å². The number of imide groups is 1. The number of halogens is 3. The molecular formula is C24H23F3N2O3. The highest BCUT2D eigenvalue weighted by Crippen LogP contribution is 2.38. The van der Waals surface area contributed by atoms with Crippen LogP contribution in [-0.4, -0.2) is 41.5 Å². The molecule has 4 rings (SSSR count). The van der Waals surface area contributed by atoms with E-state index in [4.69, 9.17) is 0 Å². The molecule has 0 saturated carbocycles. The van der Waals surface area contributed by atoms with Gasteiger partial charge in [0.2, 0.25) is 0 Å². The monoisotopic (exact) mass is 444 g/mol. The van der Waals surface area contributed by atoms with E-state index in [1.165, 1.54) is 12.1 Å². The number of hydrogen-bond acceptors (Lipinski definition) is 4. The third-order valence-corrected chi connectivity index (χ3v) is 5.92. The number of carbonyl (C=O) groups excluding carboxylic acids is 2. The van der Waals surface area contributed by atoms with Crippen LogP contribution in [0.3, 0.4) is 0 Å². The first-order valence-electron chi connectivity index (χ1n) is 10.4. The van der Waals surface area contributed by atoms with E-state index in [1.54, 1.807) is 17.0 Å². The van der Waals surface area contributed by atoms with Crippen molar-refractivity contribution in [1.29, 1.82) is 0 Å². The SMILES string of the molecule is Cc1ccc(C2=C(N3CCCC(CO)C3)C(=O)N(c3cccc(C(F)(F)F)c3)C2=O)cc1. The summed E-state index contributed by atoms with van der Waals surface area (Å²) in [6.07, 6.45) is -3.06. The molecule has 2 aliphatic heterocycles. The fourth-order valence-electron chi connectivity index (χ4n) is 4.26. The number of rotatable bonds is 4. The van der Waals surface area contributed by atoms with E-state index in [2.05, 4.69) is 0 Å². The highest BCUT2D eigenvalue weighted by atomic mass is 19.4. The van der Waals surface area contributed by atoms with E-state index in [-0.39, 0.29) is 29.5 Å². The van der Waals surface area contributed by atoms with Crippen molar-refractivity contribution in [3.63, 3.8) is 0 Å². The Bertz CT molecular complexity index is 1080. The Balaban J connectivity index is 1.81. The predicted molar refractivity (Wildman–Crippen MR) is 113 cm³/mol. The summed E-state index contributed by atoms with van der Waals surface area (Å²) in [6, 6.07) is 11.3. The number of aryl methyl sites for hydroxylation is 1. The van der Waals surface area contributed by atoms with Gasteiger partial charge < -0.3 is 10.0 Å². The Labute approximate surface area is 183 Å². The van der Waals surface area contributed by atoms with Gasteiger partial charge in [-0.05, 0) is 49.4 Å². The molecule has 8 heteroatoms. The molecule has 1 fully saturated rings. The molecule has 2 amide bonds. The van der Waals surface area contributed by atoms with Crippen molar-refractivity contribution < 1.29 is 27.9 Å². The zero-order valence-electron chi connectivity index (χ0n) is 17.5. The Hall–Kier alpha value is -3.13. The number of piperidine rings is 1. The van der Waals surface area contributed by atoms with Gasteiger partial charge in [0, 0.05) is 19.7 Å². The number of aliphatic hydroxyl groups is 1. The number of amides is 2. The average Bonchev–Trinajstić information content (AvgIpc) is 3.04. The molecule has 2 aliphatic rings. The minimum atomic E-state index is -4.60. The van der Waals surface area contributed by atoms with Gasteiger partial charge in [-0.25, -0.2) is 4.90 Å². The fraction of sp³-hybridized carbons (Fsp3) is 0.333. The minimum Gasteiger partial charge on any atom is -0.396 e. The first-order valence-corrected chi connectivity index (χ1v) is 10.4. The minimum absolute atomic E-state index is 0.0386. The maximum Gasteiger partial charge on any atom is 0.416 e. The molecule has 0 aliphatic carbocycles.